The fraction of sp³-hybridized carbons (Fsp3) is 0.0870. The Hall–Kier alpha value is -18.6. The average molecular weight is 1910 g/mol. The molecule has 0 fully saturated rings. The van der Waals surface area contributed by atoms with Gasteiger partial charge in [0.2, 0.25) is 0 Å². The van der Waals surface area contributed by atoms with E-state index in [1.807, 2.05) is 12.1 Å². The summed E-state index contributed by atoms with van der Waals surface area (Å²) in [6.45, 7) is 18.5. The third-order valence-corrected chi connectivity index (χ3v) is 32.4. The van der Waals surface area contributed by atoms with Crippen LogP contribution in [0.15, 0.2) is 453 Å². The normalized spacial score (nSPS) is 13.9. The summed E-state index contributed by atoms with van der Waals surface area (Å²) in [6.07, 6.45) is 0. The molecule has 0 bridgehead atoms. The minimum atomic E-state index is -0.241. The maximum atomic E-state index is 6.65. The van der Waals surface area contributed by atoms with Crippen LogP contribution >= 0.6 is 0 Å². The molecule has 4 aliphatic rings. The van der Waals surface area contributed by atoms with Crippen LogP contribution in [0, 0.1) is 0 Å². The zero-order chi connectivity index (χ0) is 99.6. The molecule has 4 aliphatic carbocycles. The smallest absolute Gasteiger partial charge is 0.162 e. The lowest BCUT2D eigenvalue weighted by atomic mass is 9.81. The van der Waals surface area contributed by atoms with Gasteiger partial charge in [-0.25, -0.2) is 29.9 Å². The van der Waals surface area contributed by atoms with Gasteiger partial charge in [0.25, 0.3) is 0 Å². The van der Waals surface area contributed by atoms with Gasteiger partial charge in [-0.1, -0.05) is 419 Å². The summed E-state index contributed by atoms with van der Waals surface area (Å²) >= 11 is 0. The number of hydrogen-bond donors (Lipinski definition) is 0. The molecule has 11 nitrogen and oxygen atoms in total. The number of rotatable bonds is 10. The van der Waals surface area contributed by atoms with Gasteiger partial charge in [-0.15, -0.1) is 0 Å². The van der Waals surface area contributed by atoms with Crippen LogP contribution in [0.5, 0.6) is 0 Å². The summed E-state index contributed by atoms with van der Waals surface area (Å²) in [5.74, 6) is 2.17. The average Bonchev–Trinajstić information content (AvgIpc) is 1.54. The molecule has 149 heavy (non-hydrogen) atoms. The van der Waals surface area contributed by atoms with Crippen molar-refractivity contribution in [1.29, 1.82) is 0 Å². The maximum Gasteiger partial charge on any atom is 0.162 e. The lowest BCUT2D eigenvalue weighted by Gasteiger charge is -2.24. The minimum absolute atomic E-state index is 0.150. The monoisotopic (exact) mass is 1910 g/mol. The van der Waals surface area contributed by atoms with Crippen molar-refractivity contribution < 1.29 is 4.42 Å². The summed E-state index contributed by atoms with van der Waals surface area (Å²) < 4.78 is 16.4. The van der Waals surface area contributed by atoms with Gasteiger partial charge in [-0.05, 0) is 124 Å². The first-order chi connectivity index (χ1) is 73.0. The third-order valence-electron chi connectivity index (χ3n) is 32.4. The Kier molecular flexibility index (Phi) is 19.3. The van der Waals surface area contributed by atoms with Crippen molar-refractivity contribution in [3.63, 3.8) is 0 Å². The minimum Gasteiger partial charge on any atom is -0.454 e. The summed E-state index contributed by atoms with van der Waals surface area (Å²) in [7, 11) is 0. The van der Waals surface area contributed by atoms with Crippen LogP contribution in [0.3, 0.4) is 0 Å². The second-order valence-electron chi connectivity index (χ2n) is 42.2. The molecule has 31 rings (SSSR count). The predicted molar refractivity (Wildman–Crippen MR) is 614 cm³/mol. The summed E-state index contributed by atoms with van der Waals surface area (Å²) in [6, 6.07) is 160. The van der Waals surface area contributed by atoms with Gasteiger partial charge in [0.1, 0.15) is 5.58 Å². The molecule has 0 aliphatic heterocycles. The number of hydrogen-bond acceptors (Lipinski definition) is 7. The number of fused-ring (bicyclic) bond motifs is 30. The first-order valence-corrected chi connectivity index (χ1v) is 51.6. The first-order valence-electron chi connectivity index (χ1n) is 51.6. The van der Waals surface area contributed by atoms with E-state index in [4.69, 9.17) is 34.3 Å². The molecule has 8 heterocycles. The number of furan rings is 1. The maximum absolute atomic E-state index is 6.65. The van der Waals surface area contributed by atoms with E-state index in [1.54, 1.807) is 0 Å². The molecule has 0 unspecified atom stereocenters. The fourth-order valence-corrected chi connectivity index (χ4v) is 25.7. The number of benzene rings is 19. The van der Waals surface area contributed by atoms with Gasteiger partial charge in [-0.3, -0.25) is 0 Å². The van der Waals surface area contributed by atoms with Crippen LogP contribution < -0.4 is 0 Å². The molecule has 8 aromatic heterocycles. The highest BCUT2D eigenvalue weighted by Crippen LogP contribution is 2.59. The summed E-state index contributed by atoms with van der Waals surface area (Å²) in [5, 5.41) is 12.0. The molecule has 0 amide bonds. The Morgan fingerprint density at radius 3 is 0.953 bits per heavy atom. The van der Waals surface area contributed by atoms with Crippen LogP contribution in [-0.4, -0.2) is 48.2 Å². The molecular formula is C138H98N10O. The van der Waals surface area contributed by atoms with Gasteiger partial charge in [-0.2, -0.15) is 0 Å². The Bertz CT molecular complexity index is 10300. The molecule has 27 aromatic rings. The highest BCUT2D eigenvalue weighted by Gasteiger charge is 2.45. The van der Waals surface area contributed by atoms with Crippen molar-refractivity contribution in [3.05, 3.63) is 493 Å². The lowest BCUT2D eigenvalue weighted by molar-refractivity contribution is 0.657. The van der Waals surface area contributed by atoms with Crippen molar-refractivity contribution in [3.8, 4) is 136 Å². The fourth-order valence-electron chi connectivity index (χ4n) is 25.7. The van der Waals surface area contributed by atoms with Gasteiger partial charge >= 0.3 is 0 Å². The van der Waals surface area contributed by atoms with Crippen molar-refractivity contribution in [1.82, 2.24) is 48.2 Å². The molecule has 19 aromatic carbocycles. The van der Waals surface area contributed by atoms with Crippen molar-refractivity contribution in [2.24, 2.45) is 0 Å². The topological polar surface area (TPSA) is 110 Å². The highest BCUT2D eigenvalue weighted by atomic mass is 16.3. The Morgan fingerprint density at radius 2 is 0.490 bits per heavy atom. The van der Waals surface area contributed by atoms with Crippen molar-refractivity contribution >= 4 is 109 Å². The Balaban J connectivity index is 0.000000105. The van der Waals surface area contributed by atoms with E-state index in [-0.39, 0.29) is 21.7 Å². The zero-order valence-corrected chi connectivity index (χ0v) is 83.6. The molecule has 0 saturated carbocycles. The van der Waals surface area contributed by atoms with E-state index < -0.39 is 0 Å². The summed E-state index contributed by atoms with van der Waals surface area (Å²) in [5.41, 5.74) is 43.2. The summed E-state index contributed by atoms with van der Waals surface area (Å²) in [4.78, 5) is 32.5. The molecule has 0 N–H and O–H groups in total. The quantitative estimate of drug-likeness (QED) is 0.134. The van der Waals surface area contributed by atoms with E-state index in [2.05, 4.69) is 510 Å². The standard InChI is InChI=1S/C49H34N4.C46H35N3.C43H29N3O/c1-49(2)40-25-12-9-24-39(40)45-43(49)44(31-16-5-3-6-17-31)50-48(51-45)32-18-15-21-34(30-32)53-42-27-14-11-23-36(42)38-29-28-37-35-22-10-13-26-41(35)52(46(37)47(38)53)33-19-7-4-8-20-33;1-45(2)36-22-11-8-19-31(36)33-25-26-34-32-20-10-13-24-38(32)49(43(34)39(33)45)30-18-14-17-29(27-30)44-47-41(28-15-6-5-7-16-28)40-42(48-44)35-21-9-12-23-37(35)46(40,3)4;1-43(2)33-20-10-6-18-31(33)39-37(43)38(26-14-4-3-5-15-26)44-42(45-39)32-19-8-12-22-35(32)46-34-21-11-7-16-27(34)29-24-25-30-28-17-9-13-23-36(28)47-41(30)40(29)46/h3-30H,1-2H3;5-27H,1-4H3;3-25H,1-2H3. The zero-order valence-electron chi connectivity index (χ0n) is 83.6. The Morgan fingerprint density at radius 1 is 0.188 bits per heavy atom. The molecule has 706 valence electrons. The van der Waals surface area contributed by atoms with E-state index in [1.165, 1.54) is 138 Å². The molecule has 0 atom stereocenters. The largest absolute Gasteiger partial charge is 0.454 e. The molecule has 0 spiro atoms. The SMILES string of the molecule is CC1(C)c2ccccc2-c2nc(-c3cccc(-n4c5ccccc5c5ccc6c(c54)C(C)(C)c4ccccc4-6)c3)nc(-c3ccccc3)c21.CC1(C)c2ccccc2-c2nc(-c3cccc(-n4c5ccccc5c5ccc6c7ccccc7n(-c7ccccc7)c6c54)c3)nc(-c3ccccc3)c21.CC1(C)c2ccccc2-c2nc(-c3ccccc3-n3c4ccccc4c4ccc5c6ccccc6oc5c43)nc(-c3ccccc3)c21. The Labute approximate surface area is 861 Å². The van der Waals surface area contributed by atoms with Gasteiger partial charge < -0.3 is 22.7 Å². The highest BCUT2D eigenvalue weighted by molar-refractivity contribution is 6.25. The van der Waals surface area contributed by atoms with E-state index in [0.717, 1.165) is 146 Å². The van der Waals surface area contributed by atoms with Gasteiger partial charge in [0, 0.05) is 159 Å². The van der Waals surface area contributed by atoms with Crippen LogP contribution in [-0.2, 0) is 21.7 Å². The van der Waals surface area contributed by atoms with E-state index in [0.29, 0.717) is 5.82 Å². The number of para-hydroxylation sites is 7. The van der Waals surface area contributed by atoms with Crippen molar-refractivity contribution in [2.45, 2.75) is 77.0 Å². The number of nitrogens with zero attached hydrogens (tertiary/aromatic N) is 10. The van der Waals surface area contributed by atoms with Crippen LogP contribution in [0.2, 0.25) is 0 Å². The molecule has 11 heteroatoms. The second kappa shape index (κ2) is 33.0. The second-order valence-corrected chi connectivity index (χ2v) is 42.2. The van der Waals surface area contributed by atoms with E-state index >= 15 is 0 Å². The van der Waals surface area contributed by atoms with Crippen LogP contribution in [0.25, 0.3) is 245 Å². The van der Waals surface area contributed by atoms with Gasteiger partial charge in [0.15, 0.2) is 23.1 Å². The first kappa shape index (κ1) is 87.0. The van der Waals surface area contributed by atoms with Crippen LogP contribution in [0.1, 0.15) is 99.9 Å². The van der Waals surface area contributed by atoms with Crippen LogP contribution in [0.4, 0.5) is 0 Å². The molecular weight excluding hydrogens is 1810 g/mol. The third kappa shape index (κ3) is 13.0. The van der Waals surface area contributed by atoms with Crippen molar-refractivity contribution in [2.75, 3.05) is 0 Å². The predicted octanol–water partition coefficient (Wildman–Crippen LogP) is 34.9. The number of aromatic nitrogens is 10. The van der Waals surface area contributed by atoms with Gasteiger partial charge in [0.05, 0.1) is 84.0 Å². The molecule has 0 radical (unpaired) electrons. The molecule has 0 saturated heterocycles. The lowest BCUT2D eigenvalue weighted by Crippen LogP contribution is -2.17. The van der Waals surface area contributed by atoms with E-state index in [9.17, 15) is 0 Å².